The van der Waals surface area contributed by atoms with Crippen LogP contribution in [-0.4, -0.2) is 16.2 Å². The molecule has 0 radical (unpaired) electrons. The van der Waals surface area contributed by atoms with E-state index in [1.807, 2.05) is 0 Å². The molecule has 17 heavy (non-hydrogen) atoms. The molecule has 0 spiro atoms. The number of hydrogen-bond donors (Lipinski definition) is 2. The number of carboxylic acids is 1. The number of phenols is 1. The van der Waals surface area contributed by atoms with Crippen LogP contribution in [0.5, 0.6) is 5.75 Å². The van der Waals surface area contributed by atoms with Crippen molar-refractivity contribution in [2.45, 2.75) is 0 Å². The van der Waals surface area contributed by atoms with E-state index in [9.17, 15) is 9.18 Å². The Kier molecular flexibility index (Phi) is 4.69. The molecule has 0 aromatic heterocycles. The van der Waals surface area contributed by atoms with Gasteiger partial charge in [-0.15, -0.1) is 0 Å². The van der Waals surface area contributed by atoms with Gasteiger partial charge in [0.2, 0.25) is 0 Å². The van der Waals surface area contributed by atoms with Crippen LogP contribution >= 0.6 is 0 Å². The summed E-state index contributed by atoms with van der Waals surface area (Å²) in [6.45, 7) is 0. The Morgan fingerprint density at radius 1 is 0.941 bits per heavy atom. The van der Waals surface area contributed by atoms with Gasteiger partial charge in [0.05, 0.1) is 5.56 Å². The monoisotopic (exact) mass is 234 g/mol. The van der Waals surface area contributed by atoms with E-state index in [1.165, 1.54) is 24.3 Å². The van der Waals surface area contributed by atoms with E-state index in [4.69, 9.17) is 10.2 Å². The SMILES string of the molecule is O=C(O)c1ccccc1.Oc1ccc(F)cc1. The molecule has 88 valence electrons. The molecule has 0 bridgehead atoms. The molecule has 0 fully saturated rings. The van der Waals surface area contributed by atoms with Crippen molar-refractivity contribution in [3.8, 4) is 5.75 Å². The average molecular weight is 234 g/mol. The molecule has 2 N–H and O–H groups in total. The van der Waals surface area contributed by atoms with E-state index in [-0.39, 0.29) is 11.6 Å². The van der Waals surface area contributed by atoms with Crippen LogP contribution in [0.2, 0.25) is 0 Å². The highest BCUT2D eigenvalue weighted by Crippen LogP contribution is 2.06. The van der Waals surface area contributed by atoms with E-state index in [0.29, 0.717) is 5.56 Å². The molecule has 0 unspecified atom stereocenters. The van der Waals surface area contributed by atoms with Crippen molar-refractivity contribution in [3.63, 3.8) is 0 Å². The minimum atomic E-state index is -0.879. The van der Waals surface area contributed by atoms with Gasteiger partial charge in [0.25, 0.3) is 0 Å². The summed E-state index contributed by atoms with van der Waals surface area (Å²) in [6.07, 6.45) is 0. The van der Waals surface area contributed by atoms with Gasteiger partial charge in [-0.1, -0.05) is 18.2 Å². The lowest BCUT2D eigenvalue weighted by atomic mass is 10.2. The molecule has 0 amide bonds. The second kappa shape index (κ2) is 6.27. The van der Waals surface area contributed by atoms with Crippen LogP contribution in [0.4, 0.5) is 4.39 Å². The molecule has 3 nitrogen and oxygen atoms in total. The van der Waals surface area contributed by atoms with Crippen LogP contribution in [-0.2, 0) is 0 Å². The highest BCUT2D eigenvalue weighted by molar-refractivity contribution is 5.87. The van der Waals surface area contributed by atoms with E-state index in [0.717, 1.165) is 0 Å². The maximum atomic E-state index is 12.0. The minimum Gasteiger partial charge on any atom is -0.508 e. The third-order valence-corrected chi connectivity index (χ3v) is 1.85. The fourth-order valence-electron chi connectivity index (χ4n) is 1.02. The molecule has 0 saturated heterocycles. The lowest BCUT2D eigenvalue weighted by Gasteiger charge is -1.88. The summed E-state index contributed by atoms with van der Waals surface area (Å²) >= 11 is 0. The van der Waals surface area contributed by atoms with Crippen molar-refractivity contribution >= 4 is 5.97 Å². The minimum absolute atomic E-state index is 0.0893. The van der Waals surface area contributed by atoms with E-state index in [2.05, 4.69) is 0 Å². The fraction of sp³-hybridized carbons (Fsp3) is 0. The Hall–Kier alpha value is -2.36. The third kappa shape index (κ3) is 4.79. The van der Waals surface area contributed by atoms with Crippen LogP contribution < -0.4 is 0 Å². The molecule has 0 heterocycles. The van der Waals surface area contributed by atoms with Gasteiger partial charge in [-0.25, -0.2) is 9.18 Å². The number of phenolic OH excluding ortho intramolecular Hbond substituents is 1. The van der Waals surface area contributed by atoms with Gasteiger partial charge in [-0.05, 0) is 36.4 Å². The summed E-state index contributed by atoms with van der Waals surface area (Å²) in [4.78, 5) is 10.2. The molecule has 0 aliphatic rings. The summed E-state index contributed by atoms with van der Waals surface area (Å²) in [5.74, 6) is -1.12. The van der Waals surface area contributed by atoms with E-state index >= 15 is 0 Å². The topological polar surface area (TPSA) is 57.5 Å². The first-order valence-electron chi connectivity index (χ1n) is 4.82. The first kappa shape index (κ1) is 12.7. The van der Waals surface area contributed by atoms with Crippen molar-refractivity contribution in [2.24, 2.45) is 0 Å². The predicted molar refractivity (Wildman–Crippen MR) is 61.5 cm³/mol. The number of aromatic carboxylic acids is 1. The number of rotatable bonds is 1. The molecule has 2 rings (SSSR count). The van der Waals surface area contributed by atoms with Gasteiger partial charge in [0.1, 0.15) is 11.6 Å². The van der Waals surface area contributed by atoms with Crippen molar-refractivity contribution in [3.05, 3.63) is 66.0 Å². The maximum Gasteiger partial charge on any atom is 0.335 e. The fourth-order valence-corrected chi connectivity index (χ4v) is 1.02. The molecular weight excluding hydrogens is 223 g/mol. The Morgan fingerprint density at radius 2 is 1.47 bits per heavy atom. The van der Waals surface area contributed by atoms with E-state index in [1.54, 1.807) is 30.3 Å². The maximum absolute atomic E-state index is 12.0. The van der Waals surface area contributed by atoms with Crippen LogP contribution in [0.25, 0.3) is 0 Å². The van der Waals surface area contributed by atoms with Crippen LogP contribution in [0.1, 0.15) is 10.4 Å². The number of aromatic hydroxyl groups is 1. The first-order chi connectivity index (χ1) is 8.09. The molecule has 2 aromatic rings. The summed E-state index contributed by atoms with van der Waals surface area (Å²) in [7, 11) is 0. The summed E-state index contributed by atoms with van der Waals surface area (Å²) in [5, 5.41) is 17.0. The Balaban J connectivity index is 0.000000171. The normalized spacial score (nSPS) is 9.00. The Labute approximate surface area is 97.8 Å². The number of carbonyl (C=O) groups is 1. The van der Waals surface area contributed by atoms with Crippen LogP contribution in [0, 0.1) is 5.82 Å². The number of benzene rings is 2. The van der Waals surface area contributed by atoms with Crippen molar-refractivity contribution in [1.29, 1.82) is 0 Å². The van der Waals surface area contributed by atoms with Crippen molar-refractivity contribution in [1.82, 2.24) is 0 Å². The third-order valence-electron chi connectivity index (χ3n) is 1.85. The lowest BCUT2D eigenvalue weighted by Crippen LogP contribution is -1.93. The summed E-state index contributed by atoms with van der Waals surface area (Å²) in [5.41, 5.74) is 0.331. The predicted octanol–water partition coefficient (Wildman–Crippen LogP) is 2.92. The van der Waals surface area contributed by atoms with Gasteiger partial charge < -0.3 is 10.2 Å². The van der Waals surface area contributed by atoms with Gasteiger partial charge in [0.15, 0.2) is 0 Å². The number of halogens is 1. The van der Waals surface area contributed by atoms with Gasteiger partial charge in [0, 0.05) is 0 Å². The zero-order chi connectivity index (χ0) is 12.7. The second-order valence-corrected chi connectivity index (χ2v) is 3.15. The molecule has 0 saturated carbocycles. The van der Waals surface area contributed by atoms with Crippen LogP contribution in [0.15, 0.2) is 54.6 Å². The zero-order valence-electron chi connectivity index (χ0n) is 8.88. The molecule has 0 aliphatic heterocycles. The first-order valence-corrected chi connectivity index (χ1v) is 4.82. The highest BCUT2D eigenvalue weighted by Gasteiger charge is 1.96. The van der Waals surface area contributed by atoms with E-state index < -0.39 is 5.97 Å². The second-order valence-electron chi connectivity index (χ2n) is 3.15. The summed E-state index contributed by atoms with van der Waals surface area (Å²) < 4.78 is 12.0. The Bertz CT molecular complexity index is 445. The van der Waals surface area contributed by atoms with Gasteiger partial charge in [-0.2, -0.15) is 0 Å². The van der Waals surface area contributed by atoms with Gasteiger partial charge >= 0.3 is 5.97 Å². The Morgan fingerprint density at radius 3 is 1.82 bits per heavy atom. The standard InChI is InChI=1S/C7H6O2.C6H5FO/c8-7(9)6-4-2-1-3-5-6;7-5-1-3-6(8)4-2-5/h1-5H,(H,8,9);1-4,8H. The smallest absolute Gasteiger partial charge is 0.335 e. The summed E-state index contributed by atoms with van der Waals surface area (Å²) in [6, 6.07) is 13.3. The average Bonchev–Trinajstić information content (AvgIpc) is 2.35. The van der Waals surface area contributed by atoms with Crippen molar-refractivity contribution < 1.29 is 19.4 Å². The molecular formula is C13H11FO3. The quantitative estimate of drug-likeness (QED) is 0.797. The lowest BCUT2D eigenvalue weighted by molar-refractivity contribution is 0.0697. The van der Waals surface area contributed by atoms with Crippen molar-refractivity contribution in [2.75, 3.05) is 0 Å². The number of carboxylic acid groups (broad SMARTS) is 1. The number of hydrogen-bond acceptors (Lipinski definition) is 2. The molecule has 0 aliphatic carbocycles. The highest BCUT2D eigenvalue weighted by atomic mass is 19.1. The van der Waals surface area contributed by atoms with Gasteiger partial charge in [-0.3, -0.25) is 0 Å². The zero-order valence-corrected chi connectivity index (χ0v) is 8.88. The largest absolute Gasteiger partial charge is 0.508 e. The molecule has 4 heteroatoms. The molecule has 0 atom stereocenters. The molecule has 2 aromatic carbocycles. The van der Waals surface area contributed by atoms with Crippen LogP contribution in [0.3, 0.4) is 0 Å².